The van der Waals surface area contributed by atoms with Crippen LogP contribution in [0.5, 0.6) is 0 Å². The average Bonchev–Trinajstić information content (AvgIpc) is 2.92. The van der Waals surface area contributed by atoms with E-state index in [0.29, 0.717) is 6.42 Å². The van der Waals surface area contributed by atoms with E-state index >= 15 is 0 Å². The normalized spacial score (nSPS) is 12.1. The molecule has 0 saturated carbocycles. The molecule has 22 heavy (non-hydrogen) atoms. The summed E-state index contributed by atoms with van der Waals surface area (Å²) < 4.78 is 0.978. The fourth-order valence-corrected chi connectivity index (χ4v) is 3.80. The molecule has 6 heteroatoms. The summed E-state index contributed by atoms with van der Waals surface area (Å²) in [5.41, 5.74) is 2.00. The number of rotatable bonds is 7. The first-order valence-corrected chi connectivity index (χ1v) is 9.42. The van der Waals surface area contributed by atoms with Crippen LogP contribution in [0.25, 0.3) is 0 Å². The van der Waals surface area contributed by atoms with Crippen molar-refractivity contribution in [2.45, 2.75) is 42.8 Å². The molecule has 0 aliphatic heterocycles. The van der Waals surface area contributed by atoms with E-state index in [9.17, 15) is 4.79 Å². The van der Waals surface area contributed by atoms with Crippen LogP contribution in [0.2, 0.25) is 5.02 Å². The maximum absolute atomic E-state index is 11.8. The highest BCUT2D eigenvalue weighted by atomic mass is 35.5. The fraction of sp³-hybridized carbons (Fsp3) is 0.375. The number of aromatic nitrogens is 1. The Hall–Kier alpha value is -1.04. The highest BCUT2D eigenvalue weighted by molar-refractivity contribution is 8.00. The number of nitrogens with one attached hydrogen (secondary N) is 1. The van der Waals surface area contributed by atoms with E-state index in [0.717, 1.165) is 27.2 Å². The Labute approximate surface area is 144 Å². The molecule has 3 nitrogen and oxygen atoms in total. The molecule has 2 aromatic rings. The molecular weight excluding hydrogens is 336 g/mol. The molecule has 1 N–H and O–H groups in total. The first-order chi connectivity index (χ1) is 10.6. The molecule has 1 aromatic heterocycles. The van der Waals surface area contributed by atoms with E-state index in [1.165, 1.54) is 5.56 Å². The molecule has 1 aromatic carbocycles. The summed E-state index contributed by atoms with van der Waals surface area (Å²) in [6, 6.07) is 8.04. The lowest BCUT2D eigenvalue weighted by atomic mass is 10.2. The molecule has 118 valence electrons. The average molecular weight is 355 g/mol. The first kappa shape index (κ1) is 17.3. The number of thiazole rings is 1. The highest BCUT2D eigenvalue weighted by Crippen LogP contribution is 2.27. The van der Waals surface area contributed by atoms with Crippen LogP contribution in [-0.4, -0.2) is 16.9 Å². The van der Waals surface area contributed by atoms with Gasteiger partial charge in [0.1, 0.15) is 4.34 Å². The molecule has 0 saturated heterocycles. The van der Waals surface area contributed by atoms with Gasteiger partial charge in [-0.25, -0.2) is 4.98 Å². The van der Waals surface area contributed by atoms with Gasteiger partial charge in [0.05, 0.1) is 12.1 Å². The highest BCUT2D eigenvalue weighted by Gasteiger charge is 2.10. The second-order valence-electron chi connectivity index (χ2n) is 5.08. The summed E-state index contributed by atoms with van der Waals surface area (Å²) in [6.07, 6.45) is 1.28. The van der Waals surface area contributed by atoms with Crippen LogP contribution in [0.1, 0.15) is 31.5 Å². The number of thioether (sulfide) groups is 1. The molecule has 0 aliphatic carbocycles. The SMILES string of the molecule is CC[C@H](C)NC(=O)Cc1csc(SCc2cccc(Cl)c2)n1. The van der Waals surface area contributed by atoms with Gasteiger partial charge in [-0.05, 0) is 31.0 Å². The van der Waals surface area contributed by atoms with Gasteiger partial charge in [-0.2, -0.15) is 0 Å². The number of carbonyl (C=O) groups excluding carboxylic acids is 1. The van der Waals surface area contributed by atoms with Gasteiger partial charge in [0.25, 0.3) is 0 Å². The smallest absolute Gasteiger partial charge is 0.226 e. The third-order valence-electron chi connectivity index (χ3n) is 3.14. The Morgan fingerprint density at radius 2 is 2.32 bits per heavy atom. The van der Waals surface area contributed by atoms with Crippen molar-refractivity contribution in [3.63, 3.8) is 0 Å². The number of carbonyl (C=O) groups is 1. The van der Waals surface area contributed by atoms with Gasteiger partial charge in [0.15, 0.2) is 0 Å². The minimum Gasteiger partial charge on any atom is -0.353 e. The molecule has 0 bridgehead atoms. The fourth-order valence-electron chi connectivity index (χ4n) is 1.80. The number of hydrogen-bond donors (Lipinski definition) is 1. The summed E-state index contributed by atoms with van der Waals surface area (Å²) in [5, 5.41) is 5.66. The summed E-state index contributed by atoms with van der Waals surface area (Å²) >= 11 is 9.22. The van der Waals surface area contributed by atoms with Crippen molar-refractivity contribution < 1.29 is 4.79 Å². The molecule has 0 aliphatic rings. The quantitative estimate of drug-likeness (QED) is 0.742. The van der Waals surface area contributed by atoms with Crippen LogP contribution in [0.3, 0.4) is 0 Å². The molecule has 2 rings (SSSR count). The zero-order valence-electron chi connectivity index (χ0n) is 12.6. The number of halogens is 1. The monoisotopic (exact) mass is 354 g/mol. The van der Waals surface area contributed by atoms with Gasteiger partial charge in [-0.15, -0.1) is 11.3 Å². The molecular formula is C16H19ClN2OS2. The van der Waals surface area contributed by atoms with Crippen LogP contribution < -0.4 is 5.32 Å². The maximum Gasteiger partial charge on any atom is 0.226 e. The van der Waals surface area contributed by atoms with Crippen LogP contribution in [-0.2, 0) is 17.0 Å². The van der Waals surface area contributed by atoms with Crippen molar-refractivity contribution >= 4 is 40.6 Å². The second-order valence-corrected chi connectivity index (χ2v) is 7.59. The van der Waals surface area contributed by atoms with E-state index in [1.54, 1.807) is 23.1 Å². The molecule has 0 unspecified atom stereocenters. The van der Waals surface area contributed by atoms with Crippen molar-refractivity contribution in [2.24, 2.45) is 0 Å². The molecule has 0 spiro atoms. The van der Waals surface area contributed by atoms with Crippen LogP contribution >= 0.6 is 34.7 Å². The Morgan fingerprint density at radius 1 is 1.50 bits per heavy atom. The van der Waals surface area contributed by atoms with Gasteiger partial charge in [0.2, 0.25) is 5.91 Å². The van der Waals surface area contributed by atoms with Crippen molar-refractivity contribution in [1.29, 1.82) is 0 Å². The predicted molar refractivity (Wildman–Crippen MR) is 94.7 cm³/mol. The standard InChI is InChI=1S/C16H19ClN2OS2/c1-3-11(2)18-15(20)8-14-10-22-16(19-14)21-9-12-5-4-6-13(17)7-12/h4-7,10-11H,3,8-9H2,1-2H3,(H,18,20)/t11-/m0/s1. The summed E-state index contributed by atoms with van der Waals surface area (Å²) in [7, 11) is 0. The molecule has 1 atom stereocenters. The van der Waals surface area contributed by atoms with Crippen molar-refractivity contribution in [2.75, 3.05) is 0 Å². The molecule has 1 amide bonds. The predicted octanol–water partition coefficient (Wildman–Crippen LogP) is 4.55. The number of nitrogens with zero attached hydrogens (tertiary/aromatic N) is 1. The Balaban J connectivity index is 1.85. The Morgan fingerprint density at radius 3 is 3.05 bits per heavy atom. The van der Waals surface area contributed by atoms with Gasteiger partial charge < -0.3 is 5.32 Å². The summed E-state index contributed by atoms with van der Waals surface area (Å²) in [4.78, 5) is 16.3. The zero-order chi connectivity index (χ0) is 15.9. The van der Waals surface area contributed by atoms with Gasteiger partial charge in [-0.3, -0.25) is 4.79 Å². The van der Waals surface area contributed by atoms with Crippen molar-refractivity contribution in [3.8, 4) is 0 Å². The number of amides is 1. The lowest BCUT2D eigenvalue weighted by Gasteiger charge is -2.10. The van der Waals surface area contributed by atoms with Crippen LogP contribution in [0.4, 0.5) is 0 Å². The Bertz CT molecular complexity index is 630. The second kappa shape index (κ2) is 8.56. The van der Waals surface area contributed by atoms with E-state index in [-0.39, 0.29) is 11.9 Å². The van der Waals surface area contributed by atoms with Crippen molar-refractivity contribution in [1.82, 2.24) is 10.3 Å². The van der Waals surface area contributed by atoms with E-state index < -0.39 is 0 Å². The third kappa shape index (κ3) is 5.63. The molecule has 0 radical (unpaired) electrons. The van der Waals surface area contributed by atoms with Crippen LogP contribution in [0.15, 0.2) is 34.0 Å². The zero-order valence-corrected chi connectivity index (χ0v) is 15.0. The maximum atomic E-state index is 11.8. The number of hydrogen-bond acceptors (Lipinski definition) is 4. The lowest BCUT2D eigenvalue weighted by Crippen LogP contribution is -2.33. The minimum absolute atomic E-state index is 0.0334. The topological polar surface area (TPSA) is 42.0 Å². The number of benzene rings is 1. The largest absolute Gasteiger partial charge is 0.353 e. The summed E-state index contributed by atoms with van der Waals surface area (Å²) in [6.45, 7) is 4.06. The van der Waals surface area contributed by atoms with Gasteiger partial charge in [0, 0.05) is 22.2 Å². The summed E-state index contributed by atoms with van der Waals surface area (Å²) in [5.74, 6) is 0.859. The van der Waals surface area contributed by atoms with Crippen LogP contribution in [0, 0.1) is 0 Å². The first-order valence-electron chi connectivity index (χ1n) is 7.18. The van der Waals surface area contributed by atoms with E-state index in [4.69, 9.17) is 11.6 Å². The minimum atomic E-state index is 0.0334. The van der Waals surface area contributed by atoms with Crippen molar-refractivity contribution in [3.05, 3.63) is 45.9 Å². The Kier molecular flexibility index (Phi) is 6.73. The lowest BCUT2D eigenvalue weighted by molar-refractivity contribution is -0.121. The third-order valence-corrected chi connectivity index (χ3v) is 5.52. The molecule has 1 heterocycles. The van der Waals surface area contributed by atoms with Gasteiger partial charge >= 0.3 is 0 Å². The van der Waals surface area contributed by atoms with E-state index in [2.05, 4.69) is 17.2 Å². The van der Waals surface area contributed by atoms with Gasteiger partial charge in [-0.1, -0.05) is 42.4 Å². The van der Waals surface area contributed by atoms with E-state index in [1.807, 2.05) is 36.6 Å². The molecule has 0 fully saturated rings.